The zero-order valence-electron chi connectivity index (χ0n) is 16.8. The summed E-state index contributed by atoms with van der Waals surface area (Å²) in [5, 5.41) is 2.99. The Balaban J connectivity index is 1.45. The lowest BCUT2D eigenvalue weighted by Gasteiger charge is -2.32. The first kappa shape index (κ1) is 20.7. The maximum absolute atomic E-state index is 12.6. The zero-order chi connectivity index (χ0) is 20.5. The van der Waals surface area contributed by atoms with Crippen LogP contribution in [-0.4, -0.2) is 43.5 Å². The van der Waals surface area contributed by atoms with Crippen LogP contribution in [-0.2, 0) is 16.1 Å². The van der Waals surface area contributed by atoms with Gasteiger partial charge in [-0.2, -0.15) is 0 Å². The van der Waals surface area contributed by atoms with Gasteiger partial charge in [0, 0.05) is 25.2 Å². The molecule has 2 aromatic carbocycles. The van der Waals surface area contributed by atoms with E-state index in [1.165, 1.54) is 0 Å². The number of carbonyl (C=O) groups excluding carboxylic acids is 2. The van der Waals surface area contributed by atoms with Crippen molar-refractivity contribution >= 4 is 11.8 Å². The lowest BCUT2D eigenvalue weighted by atomic mass is 9.96. The number of benzene rings is 2. The Morgan fingerprint density at radius 1 is 1.10 bits per heavy atom. The van der Waals surface area contributed by atoms with E-state index in [0.717, 1.165) is 29.9 Å². The standard InChI is InChI=1S/C23H28N2O4/c1-28-21-12-6-5-8-18(21)16-24-23(27)19-9-7-14-25(17-19)22(26)13-15-29-20-10-3-2-4-11-20/h2-6,8,10-12,19H,7,9,13-17H2,1H3,(H,24,27). The Hall–Kier alpha value is -3.02. The monoisotopic (exact) mass is 396 g/mol. The highest BCUT2D eigenvalue weighted by molar-refractivity contribution is 5.81. The third kappa shape index (κ3) is 5.98. The molecule has 1 aliphatic heterocycles. The number of nitrogens with zero attached hydrogens (tertiary/aromatic N) is 1. The van der Waals surface area contributed by atoms with Crippen LogP contribution in [0.5, 0.6) is 11.5 Å². The van der Waals surface area contributed by atoms with E-state index in [0.29, 0.717) is 32.7 Å². The van der Waals surface area contributed by atoms with Crippen molar-refractivity contribution in [1.29, 1.82) is 0 Å². The number of piperidine rings is 1. The summed E-state index contributed by atoms with van der Waals surface area (Å²) in [5.41, 5.74) is 0.935. The Morgan fingerprint density at radius 3 is 2.66 bits per heavy atom. The van der Waals surface area contributed by atoms with Gasteiger partial charge < -0.3 is 19.7 Å². The fourth-order valence-corrected chi connectivity index (χ4v) is 3.52. The second kappa shape index (κ2) is 10.5. The molecule has 0 saturated carbocycles. The molecule has 0 aliphatic carbocycles. The molecular weight excluding hydrogens is 368 g/mol. The summed E-state index contributed by atoms with van der Waals surface area (Å²) in [5.74, 6) is 1.34. The molecule has 6 nitrogen and oxygen atoms in total. The van der Waals surface area contributed by atoms with Crippen molar-refractivity contribution in [2.75, 3.05) is 26.8 Å². The van der Waals surface area contributed by atoms with Gasteiger partial charge in [-0.1, -0.05) is 36.4 Å². The topological polar surface area (TPSA) is 67.9 Å². The van der Waals surface area contributed by atoms with Crippen LogP contribution in [0.1, 0.15) is 24.8 Å². The van der Waals surface area contributed by atoms with Crippen molar-refractivity contribution in [3.8, 4) is 11.5 Å². The number of hydrogen-bond donors (Lipinski definition) is 1. The Kier molecular flexibility index (Phi) is 7.50. The highest BCUT2D eigenvalue weighted by Crippen LogP contribution is 2.20. The van der Waals surface area contributed by atoms with Crippen LogP contribution in [0.2, 0.25) is 0 Å². The molecule has 154 valence electrons. The number of carbonyl (C=O) groups is 2. The molecule has 3 rings (SSSR count). The van der Waals surface area contributed by atoms with Crippen LogP contribution in [0.25, 0.3) is 0 Å². The van der Waals surface area contributed by atoms with Crippen LogP contribution in [0.3, 0.4) is 0 Å². The third-order valence-electron chi connectivity index (χ3n) is 5.12. The Morgan fingerprint density at radius 2 is 1.86 bits per heavy atom. The fourth-order valence-electron chi connectivity index (χ4n) is 3.52. The number of nitrogens with one attached hydrogen (secondary N) is 1. The molecule has 6 heteroatoms. The van der Waals surface area contributed by atoms with Crippen molar-refractivity contribution in [2.45, 2.75) is 25.8 Å². The molecule has 2 amide bonds. The summed E-state index contributed by atoms with van der Waals surface area (Å²) in [7, 11) is 1.62. The van der Waals surface area contributed by atoms with Crippen LogP contribution in [0, 0.1) is 5.92 Å². The normalized spacial score (nSPS) is 16.2. The minimum atomic E-state index is -0.183. The van der Waals surface area contributed by atoms with Crippen molar-refractivity contribution < 1.29 is 19.1 Å². The van der Waals surface area contributed by atoms with Crippen LogP contribution < -0.4 is 14.8 Å². The molecule has 1 fully saturated rings. The van der Waals surface area contributed by atoms with Gasteiger partial charge in [0.05, 0.1) is 26.1 Å². The third-order valence-corrected chi connectivity index (χ3v) is 5.12. The highest BCUT2D eigenvalue weighted by Gasteiger charge is 2.28. The molecular formula is C23H28N2O4. The second-order valence-electron chi connectivity index (χ2n) is 7.12. The van der Waals surface area contributed by atoms with Gasteiger partial charge >= 0.3 is 0 Å². The number of hydrogen-bond acceptors (Lipinski definition) is 4. The summed E-state index contributed by atoms with van der Waals surface area (Å²) in [4.78, 5) is 26.9. The van der Waals surface area contributed by atoms with E-state index in [1.807, 2.05) is 54.6 Å². The molecule has 0 aromatic heterocycles. The molecule has 29 heavy (non-hydrogen) atoms. The van der Waals surface area contributed by atoms with Gasteiger partial charge in [0.25, 0.3) is 0 Å². The molecule has 1 aliphatic rings. The van der Waals surface area contributed by atoms with E-state index < -0.39 is 0 Å². The lowest BCUT2D eigenvalue weighted by Crippen LogP contribution is -2.45. The predicted octanol–water partition coefficient (Wildman–Crippen LogP) is 3.02. The first-order chi connectivity index (χ1) is 14.2. The van der Waals surface area contributed by atoms with Crippen LogP contribution >= 0.6 is 0 Å². The number of likely N-dealkylation sites (tertiary alicyclic amines) is 1. The van der Waals surface area contributed by atoms with Gasteiger partial charge in [-0.25, -0.2) is 0 Å². The smallest absolute Gasteiger partial charge is 0.226 e. The summed E-state index contributed by atoms with van der Waals surface area (Å²) in [6, 6.07) is 17.1. The molecule has 1 saturated heterocycles. The highest BCUT2D eigenvalue weighted by atomic mass is 16.5. The van der Waals surface area contributed by atoms with E-state index >= 15 is 0 Å². The minimum Gasteiger partial charge on any atom is -0.496 e. The quantitative estimate of drug-likeness (QED) is 0.745. The van der Waals surface area contributed by atoms with Crippen molar-refractivity contribution in [1.82, 2.24) is 10.2 Å². The number of methoxy groups -OCH3 is 1. The van der Waals surface area contributed by atoms with Crippen LogP contribution in [0.4, 0.5) is 0 Å². The van der Waals surface area contributed by atoms with Gasteiger partial charge in [0.1, 0.15) is 11.5 Å². The molecule has 1 heterocycles. The predicted molar refractivity (Wildman–Crippen MR) is 111 cm³/mol. The Bertz CT molecular complexity index is 810. The number of rotatable bonds is 8. The molecule has 0 bridgehead atoms. The summed E-state index contributed by atoms with van der Waals surface area (Å²) < 4.78 is 10.9. The maximum atomic E-state index is 12.6. The first-order valence-electron chi connectivity index (χ1n) is 10.0. The van der Waals surface area contributed by atoms with Crippen molar-refractivity contribution in [3.05, 3.63) is 60.2 Å². The molecule has 1 unspecified atom stereocenters. The van der Waals surface area contributed by atoms with Gasteiger partial charge in [0.15, 0.2) is 0 Å². The molecule has 0 radical (unpaired) electrons. The lowest BCUT2D eigenvalue weighted by molar-refractivity contribution is -0.136. The summed E-state index contributed by atoms with van der Waals surface area (Å²) in [6.45, 7) is 1.91. The van der Waals surface area contributed by atoms with Crippen molar-refractivity contribution in [2.24, 2.45) is 5.92 Å². The van der Waals surface area contributed by atoms with E-state index in [1.54, 1.807) is 12.0 Å². The molecule has 2 aromatic rings. The zero-order valence-corrected chi connectivity index (χ0v) is 16.8. The van der Waals surface area contributed by atoms with Gasteiger partial charge in [-0.3, -0.25) is 9.59 Å². The SMILES string of the molecule is COc1ccccc1CNC(=O)C1CCCN(C(=O)CCOc2ccccc2)C1. The molecule has 1 N–H and O–H groups in total. The van der Waals surface area contributed by atoms with Gasteiger partial charge in [-0.15, -0.1) is 0 Å². The molecule has 1 atom stereocenters. The summed E-state index contributed by atoms with van der Waals surface area (Å²) >= 11 is 0. The fraction of sp³-hybridized carbons (Fsp3) is 0.391. The second-order valence-corrected chi connectivity index (χ2v) is 7.12. The summed E-state index contributed by atoms with van der Waals surface area (Å²) in [6.07, 6.45) is 1.94. The largest absolute Gasteiger partial charge is 0.496 e. The van der Waals surface area contributed by atoms with Gasteiger partial charge in [-0.05, 0) is 31.0 Å². The number of ether oxygens (including phenoxy) is 2. The molecule has 0 spiro atoms. The minimum absolute atomic E-state index is 0.0195. The Labute approximate surface area is 171 Å². The number of para-hydroxylation sites is 2. The first-order valence-corrected chi connectivity index (χ1v) is 10.0. The average Bonchev–Trinajstić information content (AvgIpc) is 2.78. The van der Waals surface area contributed by atoms with Crippen molar-refractivity contribution in [3.63, 3.8) is 0 Å². The van der Waals surface area contributed by atoms with E-state index in [2.05, 4.69) is 5.32 Å². The van der Waals surface area contributed by atoms with Crippen LogP contribution in [0.15, 0.2) is 54.6 Å². The van der Waals surface area contributed by atoms with E-state index in [-0.39, 0.29) is 17.7 Å². The average molecular weight is 396 g/mol. The van der Waals surface area contributed by atoms with E-state index in [9.17, 15) is 9.59 Å². The maximum Gasteiger partial charge on any atom is 0.226 e. The van der Waals surface area contributed by atoms with Gasteiger partial charge in [0.2, 0.25) is 11.8 Å². The number of amides is 2. The van der Waals surface area contributed by atoms with E-state index in [4.69, 9.17) is 9.47 Å².